The lowest BCUT2D eigenvalue weighted by atomic mass is 10.2. The zero-order chi connectivity index (χ0) is 22.1. The van der Waals surface area contributed by atoms with Crippen molar-refractivity contribution in [3.8, 4) is 0 Å². The van der Waals surface area contributed by atoms with Gasteiger partial charge in [0.15, 0.2) is 5.96 Å². The molecular formula is C24H39N7. The Bertz CT molecular complexity index is 807. The summed E-state index contributed by atoms with van der Waals surface area (Å²) in [6.07, 6.45) is 1.02. The van der Waals surface area contributed by atoms with Crippen molar-refractivity contribution < 1.29 is 0 Å². The lowest BCUT2D eigenvalue weighted by Crippen LogP contribution is -2.50. The molecule has 1 aliphatic heterocycles. The average molecular weight is 426 g/mol. The number of benzene rings is 1. The normalized spacial score (nSPS) is 16.4. The molecule has 7 heteroatoms. The second-order valence-electron chi connectivity index (χ2n) is 8.36. The maximum Gasteiger partial charge on any atom is 0.191 e. The van der Waals surface area contributed by atoms with Crippen LogP contribution in [0.1, 0.15) is 31.7 Å². The number of aromatic nitrogens is 2. The van der Waals surface area contributed by atoms with Crippen LogP contribution in [0.25, 0.3) is 0 Å². The predicted molar refractivity (Wildman–Crippen MR) is 130 cm³/mol. The summed E-state index contributed by atoms with van der Waals surface area (Å²) >= 11 is 0. The summed E-state index contributed by atoms with van der Waals surface area (Å²) in [5.74, 6) is 0.908. The highest BCUT2D eigenvalue weighted by Gasteiger charge is 2.21. The molecule has 2 aromatic rings. The number of rotatable bonds is 9. The summed E-state index contributed by atoms with van der Waals surface area (Å²) in [6, 6.07) is 13.3. The molecule has 0 bridgehead atoms. The van der Waals surface area contributed by atoms with Gasteiger partial charge in [0.2, 0.25) is 0 Å². The number of piperazine rings is 1. The van der Waals surface area contributed by atoms with E-state index >= 15 is 0 Å². The molecule has 2 heterocycles. The van der Waals surface area contributed by atoms with Crippen LogP contribution in [0.2, 0.25) is 0 Å². The number of anilines is 1. The molecule has 1 atom stereocenters. The maximum atomic E-state index is 4.85. The van der Waals surface area contributed by atoms with E-state index in [-0.39, 0.29) is 0 Å². The summed E-state index contributed by atoms with van der Waals surface area (Å²) in [6.45, 7) is 16.3. The number of aryl methyl sites for hydroxylation is 3. The molecular weight excluding hydrogens is 386 g/mol. The number of nitrogens with zero attached hydrogens (tertiary/aromatic N) is 5. The van der Waals surface area contributed by atoms with Gasteiger partial charge in [-0.05, 0) is 52.3 Å². The van der Waals surface area contributed by atoms with E-state index in [1.54, 1.807) is 0 Å². The van der Waals surface area contributed by atoms with E-state index in [1.165, 1.54) is 11.4 Å². The van der Waals surface area contributed by atoms with E-state index in [0.29, 0.717) is 6.04 Å². The van der Waals surface area contributed by atoms with Crippen molar-refractivity contribution in [2.24, 2.45) is 4.99 Å². The minimum absolute atomic E-state index is 0.433. The van der Waals surface area contributed by atoms with Crippen LogP contribution in [0.5, 0.6) is 0 Å². The van der Waals surface area contributed by atoms with Gasteiger partial charge in [-0.25, -0.2) is 0 Å². The van der Waals surface area contributed by atoms with Crippen LogP contribution in [-0.2, 0) is 6.54 Å². The van der Waals surface area contributed by atoms with Gasteiger partial charge in [0.1, 0.15) is 0 Å². The van der Waals surface area contributed by atoms with Crippen molar-refractivity contribution in [2.45, 2.75) is 46.7 Å². The summed E-state index contributed by atoms with van der Waals surface area (Å²) in [4.78, 5) is 9.87. The Labute approximate surface area is 187 Å². The third-order valence-electron chi connectivity index (χ3n) is 5.86. The van der Waals surface area contributed by atoms with Crippen molar-refractivity contribution in [1.29, 1.82) is 0 Å². The Kier molecular flexibility index (Phi) is 8.76. The van der Waals surface area contributed by atoms with Crippen LogP contribution in [0.15, 0.2) is 41.4 Å². The molecule has 1 aliphatic rings. The molecule has 0 aliphatic carbocycles. The van der Waals surface area contributed by atoms with Gasteiger partial charge in [-0.2, -0.15) is 5.10 Å². The SMILES string of the molecule is CCNC(=NCC(C)N1CCN(c2ccccc2)CC1)NCCCn1nc(C)cc1C. The van der Waals surface area contributed by atoms with E-state index < -0.39 is 0 Å². The summed E-state index contributed by atoms with van der Waals surface area (Å²) < 4.78 is 2.08. The van der Waals surface area contributed by atoms with Gasteiger partial charge >= 0.3 is 0 Å². The number of nitrogens with one attached hydrogen (secondary N) is 2. The lowest BCUT2D eigenvalue weighted by molar-refractivity contribution is 0.201. The standard InChI is InChI=1S/C24H39N7/c1-5-25-24(26-12-9-13-31-21(3)18-20(2)28-31)27-19-22(4)29-14-16-30(17-15-29)23-10-7-6-8-11-23/h6-8,10-11,18,22H,5,9,12-17,19H2,1-4H3,(H2,25,26,27). The Morgan fingerprint density at radius 3 is 2.48 bits per heavy atom. The number of hydrogen-bond acceptors (Lipinski definition) is 4. The third-order valence-corrected chi connectivity index (χ3v) is 5.86. The molecule has 1 saturated heterocycles. The van der Waals surface area contributed by atoms with Crippen LogP contribution >= 0.6 is 0 Å². The molecule has 2 N–H and O–H groups in total. The minimum Gasteiger partial charge on any atom is -0.369 e. The van der Waals surface area contributed by atoms with Gasteiger partial charge in [-0.3, -0.25) is 14.6 Å². The largest absolute Gasteiger partial charge is 0.369 e. The molecule has 0 spiro atoms. The Hall–Kier alpha value is -2.54. The number of guanidine groups is 1. The first-order valence-electron chi connectivity index (χ1n) is 11.6. The van der Waals surface area contributed by atoms with Crippen molar-refractivity contribution in [3.05, 3.63) is 47.8 Å². The highest BCUT2D eigenvalue weighted by molar-refractivity contribution is 5.79. The molecule has 0 saturated carbocycles. The second kappa shape index (κ2) is 11.7. The molecule has 1 aromatic heterocycles. The predicted octanol–water partition coefficient (Wildman–Crippen LogP) is 2.66. The Balaban J connectivity index is 1.41. The molecule has 31 heavy (non-hydrogen) atoms. The topological polar surface area (TPSA) is 60.7 Å². The summed E-state index contributed by atoms with van der Waals surface area (Å²) in [7, 11) is 0. The van der Waals surface area contributed by atoms with Gasteiger partial charge in [0, 0.05) is 63.2 Å². The quantitative estimate of drug-likeness (QED) is 0.367. The van der Waals surface area contributed by atoms with Gasteiger partial charge in [0.25, 0.3) is 0 Å². The second-order valence-corrected chi connectivity index (χ2v) is 8.36. The van der Waals surface area contributed by atoms with Crippen LogP contribution < -0.4 is 15.5 Å². The van der Waals surface area contributed by atoms with Crippen LogP contribution in [0, 0.1) is 13.8 Å². The van der Waals surface area contributed by atoms with Gasteiger partial charge in [-0.15, -0.1) is 0 Å². The fourth-order valence-corrected chi connectivity index (χ4v) is 4.08. The molecule has 1 aromatic carbocycles. The molecule has 1 fully saturated rings. The highest BCUT2D eigenvalue weighted by Crippen LogP contribution is 2.16. The molecule has 0 amide bonds. The monoisotopic (exact) mass is 425 g/mol. The van der Waals surface area contributed by atoms with Crippen molar-refractivity contribution in [1.82, 2.24) is 25.3 Å². The fraction of sp³-hybridized carbons (Fsp3) is 0.583. The molecule has 3 rings (SSSR count). The molecule has 0 radical (unpaired) electrons. The first-order valence-corrected chi connectivity index (χ1v) is 11.6. The van der Waals surface area contributed by atoms with Crippen molar-refractivity contribution in [2.75, 3.05) is 50.7 Å². The zero-order valence-electron chi connectivity index (χ0n) is 19.6. The van der Waals surface area contributed by atoms with Crippen molar-refractivity contribution in [3.63, 3.8) is 0 Å². The summed E-state index contributed by atoms with van der Waals surface area (Å²) in [5.41, 5.74) is 3.63. The molecule has 170 valence electrons. The molecule has 7 nitrogen and oxygen atoms in total. The van der Waals surface area contributed by atoms with Gasteiger partial charge in [0.05, 0.1) is 12.2 Å². The minimum atomic E-state index is 0.433. The van der Waals surface area contributed by atoms with Crippen molar-refractivity contribution >= 4 is 11.6 Å². The summed E-state index contributed by atoms with van der Waals surface area (Å²) in [5, 5.41) is 11.4. The van der Waals surface area contributed by atoms with E-state index in [1.807, 2.05) is 6.92 Å². The number of hydrogen-bond donors (Lipinski definition) is 2. The average Bonchev–Trinajstić information content (AvgIpc) is 3.12. The first kappa shape index (κ1) is 23.1. The van der Waals surface area contributed by atoms with Gasteiger partial charge < -0.3 is 15.5 Å². The van der Waals surface area contributed by atoms with Crippen LogP contribution in [-0.4, -0.2) is 72.5 Å². The first-order chi connectivity index (χ1) is 15.1. The smallest absolute Gasteiger partial charge is 0.191 e. The Morgan fingerprint density at radius 2 is 1.84 bits per heavy atom. The van der Waals surface area contributed by atoms with E-state index in [9.17, 15) is 0 Å². The Morgan fingerprint density at radius 1 is 1.10 bits per heavy atom. The van der Waals surface area contributed by atoms with E-state index in [4.69, 9.17) is 4.99 Å². The van der Waals surface area contributed by atoms with E-state index in [2.05, 4.69) is 87.4 Å². The zero-order valence-corrected chi connectivity index (χ0v) is 19.6. The van der Waals surface area contributed by atoms with E-state index in [0.717, 1.165) is 70.4 Å². The van der Waals surface area contributed by atoms with Crippen LogP contribution in [0.4, 0.5) is 5.69 Å². The van der Waals surface area contributed by atoms with Crippen LogP contribution in [0.3, 0.4) is 0 Å². The third kappa shape index (κ3) is 6.99. The van der Waals surface area contributed by atoms with Gasteiger partial charge in [-0.1, -0.05) is 18.2 Å². The highest BCUT2D eigenvalue weighted by atomic mass is 15.3. The molecule has 1 unspecified atom stereocenters. The maximum absolute atomic E-state index is 4.85. The number of aliphatic imine (C=N–C) groups is 1. The fourth-order valence-electron chi connectivity index (χ4n) is 4.08. The lowest BCUT2D eigenvalue weighted by Gasteiger charge is -2.38. The number of para-hydroxylation sites is 1.